The fourth-order valence-corrected chi connectivity index (χ4v) is 2.24. The fraction of sp³-hybridized carbons (Fsp3) is 0.455. The SMILES string of the molecule is Cc1cnn2c(N)cc(N3CC[C@H](N)C3)nc12. The van der Waals surface area contributed by atoms with Crippen LogP contribution in [0.3, 0.4) is 0 Å². The average Bonchev–Trinajstić information content (AvgIpc) is 2.87. The molecule has 0 aromatic carbocycles. The van der Waals surface area contributed by atoms with Crippen molar-refractivity contribution in [2.45, 2.75) is 19.4 Å². The third-order valence-corrected chi connectivity index (χ3v) is 3.21. The molecule has 2 aromatic rings. The molecular formula is C11H16N6. The minimum Gasteiger partial charge on any atom is -0.383 e. The van der Waals surface area contributed by atoms with Crippen molar-refractivity contribution in [2.75, 3.05) is 23.7 Å². The molecule has 3 rings (SSSR count). The van der Waals surface area contributed by atoms with Crippen molar-refractivity contribution in [2.24, 2.45) is 5.73 Å². The third kappa shape index (κ3) is 1.61. The van der Waals surface area contributed by atoms with E-state index in [1.54, 1.807) is 10.7 Å². The van der Waals surface area contributed by atoms with Crippen molar-refractivity contribution in [3.63, 3.8) is 0 Å². The normalized spacial score (nSPS) is 20.4. The van der Waals surface area contributed by atoms with Gasteiger partial charge >= 0.3 is 0 Å². The number of aromatic nitrogens is 3. The second-order valence-corrected chi connectivity index (χ2v) is 4.60. The Morgan fingerprint density at radius 2 is 2.29 bits per heavy atom. The average molecular weight is 232 g/mol. The Morgan fingerprint density at radius 3 is 3.00 bits per heavy atom. The molecule has 1 saturated heterocycles. The molecule has 0 bridgehead atoms. The Labute approximate surface area is 99.2 Å². The number of nitrogens with zero attached hydrogens (tertiary/aromatic N) is 4. The summed E-state index contributed by atoms with van der Waals surface area (Å²) in [4.78, 5) is 6.78. The van der Waals surface area contributed by atoms with Crippen LogP contribution in [-0.4, -0.2) is 33.7 Å². The van der Waals surface area contributed by atoms with Crippen molar-refractivity contribution in [3.05, 3.63) is 17.8 Å². The molecule has 6 heteroatoms. The molecule has 1 atom stereocenters. The zero-order valence-electron chi connectivity index (χ0n) is 9.80. The Kier molecular flexibility index (Phi) is 2.19. The lowest BCUT2D eigenvalue weighted by Gasteiger charge is -2.17. The van der Waals surface area contributed by atoms with Crippen molar-refractivity contribution in [3.8, 4) is 0 Å². The van der Waals surface area contributed by atoms with E-state index in [2.05, 4.69) is 15.0 Å². The van der Waals surface area contributed by atoms with Crippen molar-refractivity contribution >= 4 is 17.3 Å². The van der Waals surface area contributed by atoms with Gasteiger partial charge in [-0.1, -0.05) is 0 Å². The number of nitrogens with two attached hydrogens (primary N) is 2. The maximum Gasteiger partial charge on any atom is 0.162 e. The van der Waals surface area contributed by atoms with E-state index >= 15 is 0 Å². The summed E-state index contributed by atoms with van der Waals surface area (Å²) in [6.45, 7) is 3.76. The van der Waals surface area contributed by atoms with Gasteiger partial charge in [0.1, 0.15) is 11.6 Å². The zero-order valence-corrected chi connectivity index (χ0v) is 9.80. The monoisotopic (exact) mass is 232 g/mol. The molecule has 2 aromatic heterocycles. The van der Waals surface area contributed by atoms with Crippen molar-refractivity contribution in [1.82, 2.24) is 14.6 Å². The van der Waals surface area contributed by atoms with Crippen LogP contribution in [0.2, 0.25) is 0 Å². The van der Waals surface area contributed by atoms with Gasteiger partial charge in [0.2, 0.25) is 0 Å². The summed E-state index contributed by atoms with van der Waals surface area (Å²) in [6, 6.07) is 2.09. The van der Waals surface area contributed by atoms with Crippen LogP contribution in [0.25, 0.3) is 5.65 Å². The van der Waals surface area contributed by atoms with Gasteiger partial charge in [0, 0.05) is 30.8 Å². The molecule has 0 saturated carbocycles. The highest BCUT2D eigenvalue weighted by Crippen LogP contribution is 2.22. The molecule has 1 fully saturated rings. The first-order chi connectivity index (χ1) is 8.15. The van der Waals surface area contributed by atoms with Crippen LogP contribution in [0.1, 0.15) is 12.0 Å². The highest BCUT2D eigenvalue weighted by atomic mass is 15.3. The highest BCUT2D eigenvalue weighted by Gasteiger charge is 2.21. The molecule has 0 spiro atoms. The Bertz CT molecular complexity index is 560. The summed E-state index contributed by atoms with van der Waals surface area (Å²) in [5, 5.41) is 4.19. The summed E-state index contributed by atoms with van der Waals surface area (Å²) < 4.78 is 1.66. The van der Waals surface area contributed by atoms with Gasteiger partial charge in [-0.25, -0.2) is 4.98 Å². The minimum absolute atomic E-state index is 0.236. The molecule has 90 valence electrons. The minimum atomic E-state index is 0.236. The number of hydrogen-bond donors (Lipinski definition) is 2. The van der Waals surface area contributed by atoms with Crippen LogP contribution in [0, 0.1) is 6.92 Å². The smallest absolute Gasteiger partial charge is 0.162 e. The number of fused-ring (bicyclic) bond motifs is 1. The molecule has 0 amide bonds. The molecule has 1 aliphatic heterocycles. The summed E-state index contributed by atoms with van der Waals surface area (Å²) in [6.07, 6.45) is 2.78. The largest absolute Gasteiger partial charge is 0.383 e. The van der Waals surface area contributed by atoms with Crippen LogP contribution < -0.4 is 16.4 Å². The number of rotatable bonds is 1. The van der Waals surface area contributed by atoms with Gasteiger partial charge in [0.25, 0.3) is 0 Å². The van der Waals surface area contributed by atoms with Gasteiger partial charge in [-0.05, 0) is 13.3 Å². The van der Waals surface area contributed by atoms with Crippen LogP contribution >= 0.6 is 0 Å². The predicted octanol–water partition coefficient (Wildman–Crippen LogP) is 0.157. The second-order valence-electron chi connectivity index (χ2n) is 4.60. The number of anilines is 2. The van der Waals surface area contributed by atoms with E-state index in [0.717, 1.165) is 36.5 Å². The van der Waals surface area contributed by atoms with Crippen LogP contribution in [0.4, 0.5) is 11.6 Å². The number of aryl methyl sites for hydroxylation is 1. The van der Waals surface area contributed by atoms with Gasteiger partial charge in [-0.15, -0.1) is 0 Å². The maximum atomic E-state index is 5.98. The van der Waals surface area contributed by atoms with Gasteiger partial charge in [-0.2, -0.15) is 9.61 Å². The fourth-order valence-electron chi connectivity index (χ4n) is 2.24. The molecule has 0 aliphatic carbocycles. The first-order valence-corrected chi connectivity index (χ1v) is 5.76. The van der Waals surface area contributed by atoms with Crippen LogP contribution in [0.15, 0.2) is 12.3 Å². The lowest BCUT2D eigenvalue weighted by molar-refractivity contribution is 0.751. The Hall–Kier alpha value is -1.82. The summed E-state index contributed by atoms with van der Waals surface area (Å²) >= 11 is 0. The highest BCUT2D eigenvalue weighted by molar-refractivity contribution is 5.59. The second kappa shape index (κ2) is 3.59. The molecule has 17 heavy (non-hydrogen) atoms. The lowest BCUT2D eigenvalue weighted by Crippen LogP contribution is -2.27. The molecule has 0 radical (unpaired) electrons. The molecule has 4 N–H and O–H groups in total. The first-order valence-electron chi connectivity index (χ1n) is 5.76. The summed E-state index contributed by atoms with van der Waals surface area (Å²) in [5.41, 5.74) is 13.7. The van der Waals surface area contributed by atoms with Gasteiger partial charge < -0.3 is 16.4 Å². The van der Waals surface area contributed by atoms with E-state index in [1.807, 2.05) is 13.0 Å². The topological polar surface area (TPSA) is 85.5 Å². The summed E-state index contributed by atoms with van der Waals surface area (Å²) in [5.74, 6) is 1.50. The molecule has 3 heterocycles. The molecular weight excluding hydrogens is 216 g/mol. The van der Waals surface area contributed by atoms with Gasteiger partial charge in [-0.3, -0.25) is 0 Å². The lowest BCUT2D eigenvalue weighted by atomic mass is 10.3. The first kappa shape index (κ1) is 10.3. The standard InChI is InChI=1S/C11H16N6/c1-7-5-14-17-9(13)4-10(15-11(7)17)16-3-2-8(12)6-16/h4-5,8H,2-3,6,12-13H2,1H3/t8-/m0/s1. The van der Waals surface area contributed by atoms with E-state index < -0.39 is 0 Å². The summed E-state index contributed by atoms with van der Waals surface area (Å²) in [7, 11) is 0. The molecule has 1 aliphatic rings. The zero-order chi connectivity index (χ0) is 12.0. The van der Waals surface area contributed by atoms with Crippen molar-refractivity contribution < 1.29 is 0 Å². The third-order valence-electron chi connectivity index (χ3n) is 3.21. The predicted molar refractivity (Wildman–Crippen MR) is 66.9 cm³/mol. The van der Waals surface area contributed by atoms with Gasteiger partial charge in [0.15, 0.2) is 5.65 Å². The number of hydrogen-bond acceptors (Lipinski definition) is 5. The van der Waals surface area contributed by atoms with Crippen LogP contribution in [0.5, 0.6) is 0 Å². The number of nitrogen functional groups attached to an aromatic ring is 1. The van der Waals surface area contributed by atoms with Gasteiger partial charge in [0.05, 0.1) is 6.20 Å². The van der Waals surface area contributed by atoms with E-state index in [9.17, 15) is 0 Å². The Morgan fingerprint density at radius 1 is 1.47 bits per heavy atom. The van der Waals surface area contributed by atoms with E-state index in [0.29, 0.717) is 5.82 Å². The van der Waals surface area contributed by atoms with Crippen LogP contribution in [-0.2, 0) is 0 Å². The molecule has 0 unspecified atom stereocenters. The quantitative estimate of drug-likeness (QED) is 0.731. The maximum absolute atomic E-state index is 5.98. The van der Waals surface area contributed by atoms with E-state index in [4.69, 9.17) is 11.5 Å². The van der Waals surface area contributed by atoms with Crippen molar-refractivity contribution in [1.29, 1.82) is 0 Å². The Balaban J connectivity index is 2.08. The van der Waals surface area contributed by atoms with E-state index in [1.165, 1.54) is 0 Å². The molecule has 6 nitrogen and oxygen atoms in total. The van der Waals surface area contributed by atoms with E-state index in [-0.39, 0.29) is 6.04 Å².